The van der Waals surface area contributed by atoms with Gasteiger partial charge in [-0.2, -0.15) is 0 Å². The lowest BCUT2D eigenvalue weighted by Gasteiger charge is -2.10. The fourth-order valence-electron chi connectivity index (χ4n) is 2.44. The molecule has 0 atom stereocenters. The number of hydrogen-bond donors (Lipinski definition) is 3. The highest BCUT2D eigenvalue weighted by Gasteiger charge is 2.13. The molecule has 0 saturated carbocycles. The highest BCUT2D eigenvalue weighted by Crippen LogP contribution is 2.25. The van der Waals surface area contributed by atoms with Crippen LogP contribution in [0.4, 0.5) is 11.4 Å². The molecule has 6 heteroatoms. The average molecular weight is 304 g/mol. The van der Waals surface area contributed by atoms with Gasteiger partial charge in [-0.25, -0.2) is 0 Å². The lowest BCUT2D eigenvalue weighted by molar-refractivity contribution is -0.137. The summed E-state index contributed by atoms with van der Waals surface area (Å²) >= 11 is 0. The lowest BCUT2D eigenvalue weighted by atomic mass is 10.1. The Morgan fingerprint density at radius 3 is 2.73 bits per heavy atom. The number of rotatable bonds is 6. The Hall–Kier alpha value is -2.37. The maximum absolute atomic E-state index is 11.8. The molecule has 1 aromatic rings. The third-order valence-electron chi connectivity index (χ3n) is 3.56. The zero-order valence-electron chi connectivity index (χ0n) is 12.4. The van der Waals surface area contributed by atoms with E-state index < -0.39 is 5.97 Å². The van der Waals surface area contributed by atoms with Gasteiger partial charge in [0, 0.05) is 30.6 Å². The van der Waals surface area contributed by atoms with Crippen LogP contribution < -0.4 is 10.6 Å². The molecular formula is C16H20N2O4. The minimum absolute atomic E-state index is 0.0222. The number of carbonyl (C=O) groups is 3. The molecule has 2 amide bonds. The number of fused-ring (bicyclic) bond motifs is 1. The maximum Gasteiger partial charge on any atom is 0.303 e. The summed E-state index contributed by atoms with van der Waals surface area (Å²) in [6.45, 7) is 0. The fourth-order valence-corrected chi connectivity index (χ4v) is 2.44. The molecule has 6 nitrogen and oxygen atoms in total. The number of aliphatic carboxylic acids is 1. The summed E-state index contributed by atoms with van der Waals surface area (Å²) in [4.78, 5) is 33.7. The van der Waals surface area contributed by atoms with Gasteiger partial charge in [-0.1, -0.05) is 0 Å². The number of aryl methyl sites for hydroxylation is 1. The SMILES string of the molecule is O=C(O)CCCCC(=O)Nc1ccc2c(c1)CCCC(=O)N2. The molecule has 0 aromatic heterocycles. The van der Waals surface area contributed by atoms with Crippen LogP contribution in [0.15, 0.2) is 18.2 Å². The van der Waals surface area contributed by atoms with Crippen LogP contribution in [0.5, 0.6) is 0 Å². The van der Waals surface area contributed by atoms with E-state index in [1.807, 2.05) is 6.07 Å². The summed E-state index contributed by atoms with van der Waals surface area (Å²) in [7, 11) is 0. The van der Waals surface area contributed by atoms with Crippen LogP contribution in [0.3, 0.4) is 0 Å². The van der Waals surface area contributed by atoms with E-state index in [1.54, 1.807) is 12.1 Å². The Kier molecular flexibility index (Phi) is 5.52. The van der Waals surface area contributed by atoms with Crippen molar-refractivity contribution in [2.45, 2.75) is 44.9 Å². The van der Waals surface area contributed by atoms with Crippen molar-refractivity contribution in [2.75, 3.05) is 10.6 Å². The summed E-state index contributed by atoms with van der Waals surface area (Å²) < 4.78 is 0. The van der Waals surface area contributed by atoms with Gasteiger partial charge in [0.2, 0.25) is 11.8 Å². The van der Waals surface area contributed by atoms with Gasteiger partial charge >= 0.3 is 5.97 Å². The average Bonchev–Trinajstić information content (AvgIpc) is 2.64. The number of carboxylic acids is 1. The number of benzene rings is 1. The van der Waals surface area contributed by atoms with Crippen molar-refractivity contribution in [2.24, 2.45) is 0 Å². The van der Waals surface area contributed by atoms with Crippen molar-refractivity contribution in [3.8, 4) is 0 Å². The van der Waals surface area contributed by atoms with Crippen molar-refractivity contribution < 1.29 is 19.5 Å². The molecule has 0 unspecified atom stereocenters. The lowest BCUT2D eigenvalue weighted by Crippen LogP contribution is -2.12. The van der Waals surface area contributed by atoms with Gasteiger partial charge < -0.3 is 15.7 Å². The molecule has 0 bridgehead atoms. The van der Waals surface area contributed by atoms with Crippen molar-refractivity contribution in [1.29, 1.82) is 0 Å². The first-order valence-electron chi connectivity index (χ1n) is 7.49. The quantitative estimate of drug-likeness (QED) is 0.704. The van der Waals surface area contributed by atoms with E-state index in [0.29, 0.717) is 31.4 Å². The van der Waals surface area contributed by atoms with Crippen LogP contribution >= 0.6 is 0 Å². The molecule has 0 fully saturated rings. The van der Waals surface area contributed by atoms with Crippen LogP contribution in [0, 0.1) is 0 Å². The van der Waals surface area contributed by atoms with Gasteiger partial charge in [0.15, 0.2) is 0 Å². The molecule has 0 saturated heterocycles. The second-order valence-corrected chi connectivity index (χ2v) is 5.42. The predicted molar refractivity (Wildman–Crippen MR) is 82.7 cm³/mol. The van der Waals surface area contributed by atoms with Crippen LogP contribution in [0.25, 0.3) is 0 Å². The van der Waals surface area contributed by atoms with E-state index in [4.69, 9.17) is 5.11 Å². The first-order valence-corrected chi connectivity index (χ1v) is 7.49. The van der Waals surface area contributed by atoms with Gasteiger partial charge in [0.1, 0.15) is 0 Å². The number of hydrogen-bond acceptors (Lipinski definition) is 3. The molecule has 1 aliphatic heterocycles. The molecule has 22 heavy (non-hydrogen) atoms. The molecule has 1 aromatic carbocycles. The van der Waals surface area contributed by atoms with Crippen molar-refractivity contribution in [3.63, 3.8) is 0 Å². The third-order valence-corrected chi connectivity index (χ3v) is 3.56. The Balaban J connectivity index is 1.88. The number of amides is 2. The molecule has 118 valence electrons. The third kappa shape index (κ3) is 4.87. The van der Waals surface area contributed by atoms with Gasteiger partial charge in [0.25, 0.3) is 0 Å². The predicted octanol–water partition coefficient (Wildman–Crippen LogP) is 2.54. The van der Waals surface area contributed by atoms with Gasteiger partial charge in [0.05, 0.1) is 0 Å². The van der Waals surface area contributed by atoms with E-state index in [-0.39, 0.29) is 18.2 Å². The number of anilines is 2. The second-order valence-electron chi connectivity index (χ2n) is 5.42. The van der Waals surface area contributed by atoms with Gasteiger partial charge in [-0.05, 0) is 49.4 Å². The molecule has 1 aliphatic rings. The van der Waals surface area contributed by atoms with Crippen LogP contribution in [0.2, 0.25) is 0 Å². The number of nitrogens with one attached hydrogen (secondary N) is 2. The van der Waals surface area contributed by atoms with Crippen molar-refractivity contribution >= 4 is 29.2 Å². The Bertz CT molecular complexity index is 584. The Morgan fingerprint density at radius 2 is 1.95 bits per heavy atom. The van der Waals surface area contributed by atoms with E-state index in [9.17, 15) is 14.4 Å². The standard InChI is InChI=1S/C16H20N2O4/c19-14(5-1-2-7-16(21)22)17-12-8-9-13-11(10-12)4-3-6-15(20)18-13/h8-10H,1-7H2,(H,17,19)(H,18,20)(H,21,22). The number of carboxylic acid groups (broad SMARTS) is 1. The largest absolute Gasteiger partial charge is 0.481 e. The second kappa shape index (κ2) is 7.59. The van der Waals surface area contributed by atoms with Crippen molar-refractivity contribution in [1.82, 2.24) is 0 Å². The molecule has 1 heterocycles. The summed E-state index contributed by atoms with van der Waals surface area (Å²) in [5.74, 6) is -0.940. The monoisotopic (exact) mass is 304 g/mol. The van der Waals surface area contributed by atoms with Crippen LogP contribution in [-0.2, 0) is 20.8 Å². The van der Waals surface area contributed by atoms with Crippen LogP contribution in [-0.4, -0.2) is 22.9 Å². The number of carbonyl (C=O) groups excluding carboxylic acids is 2. The highest BCUT2D eigenvalue weighted by molar-refractivity contribution is 5.94. The summed E-state index contributed by atoms with van der Waals surface area (Å²) in [5.41, 5.74) is 2.54. The molecular weight excluding hydrogens is 284 g/mol. The Morgan fingerprint density at radius 1 is 1.18 bits per heavy atom. The van der Waals surface area contributed by atoms with E-state index in [0.717, 1.165) is 24.1 Å². The van der Waals surface area contributed by atoms with Crippen LogP contribution in [0.1, 0.15) is 44.1 Å². The molecule has 2 rings (SSSR count). The van der Waals surface area contributed by atoms with E-state index >= 15 is 0 Å². The smallest absolute Gasteiger partial charge is 0.303 e. The highest BCUT2D eigenvalue weighted by atomic mass is 16.4. The topological polar surface area (TPSA) is 95.5 Å². The molecule has 0 radical (unpaired) electrons. The maximum atomic E-state index is 11.8. The zero-order chi connectivity index (χ0) is 15.9. The minimum Gasteiger partial charge on any atom is -0.481 e. The van der Waals surface area contributed by atoms with Crippen molar-refractivity contribution in [3.05, 3.63) is 23.8 Å². The minimum atomic E-state index is -0.840. The normalized spacial score (nSPS) is 13.7. The summed E-state index contributed by atoms with van der Waals surface area (Å²) in [6.07, 6.45) is 3.56. The number of unbranched alkanes of at least 4 members (excludes halogenated alkanes) is 1. The Labute approximate surface area is 128 Å². The van der Waals surface area contributed by atoms with E-state index in [1.165, 1.54) is 0 Å². The molecule has 0 aliphatic carbocycles. The van der Waals surface area contributed by atoms with Gasteiger partial charge in [-0.3, -0.25) is 14.4 Å². The first-order chi connectivity index (χ1) is 10.5. The summed E-state index contributed by atoms with van der Waals surface area (Å²) in [6, 6.07) is 5.45. The molecule has 0 spiro atoms. The molecule has 3 N–H and O–H groups in total. The summed E-state index contributed by atoms with van der Waals surface area (Å²) in [5, 5.41) is 14.2. The van der Waals surface area contributed by atoms with Gasteiger partial charge in [-0.15, -0.1) is 0 Å². The first kappa shape index (κ1) is 16.0. The zero-order valence-corrected chi connectivity index (χ0v) is 12.4. The van der Waals surface area contributed by atoms with E-state index in [2.05, 4.69) is 10.6 Å². The fraction of sp³-hybridized carbons (Fsp3) is 0.438.